The van der Waals surface area contributed by atoms with Gasteiger partial charge >= 0.3 is 10.8 Å². The van der Waals surface area contributed by atoms with Crippen molar-refractivity contribution >= 4 is 68.4 Å². The summed E-state index contributed by atoms with van der Waals surface area (Å²) in [6.07, 6.45) is 2.98. The number of hydrogen-bond donors (Lipinski definition) is 0. The van der Waals surface area contributed by atoms with Crippen LogP contribution in [-0.2, 0) is 25.7 Å². The molecule has 12 heteroatoms. The summed E-state index contributed by atoms with van der Waals surface area (Å²) in [6.45, 7) is 3.22. The van der Waals surface area contributed by atoms with Gasteiger partial charge in [-0.15, -0.1) is 0 Å². The van der Waals surface area contributed by atoms with Crippen molar-refractivity contribution in [3.05, 3.63) is 78.7 Å². The second-order valence-electron chi connectivity index (χ2n) is 10.4. The molecule has 0 radical (unpaired) electrons. The van der Waals surface area contributed by atoms with Gasteiger partial charge in [-0.2, -0.15) is 0 Å². The van der Waals surface area contributed by atoms with Gasteiger partial charge in [0, 0.05) is 28.4 Å². The number of carbonyl (C=O) groups is 4. The molecular formula is C30H28BrN3O6S2. The first-order valence-electron chi connectivity index (χ1n) is 13.9. The molecule has 2 fully saturated rings. The van der Waals surface area contributed by atoms with Crippen molar-refractivity contribution in [2.75, 3.05) is 24.6 Å². The van der Waals surface area contributed by atoms with Gasteiger partial charge in [0.1, 0.15) is 11.8 Å². The largest absolute Gasteiger partial charge is 0.462 e. The van der Waals surface area contributed by atoms with Crippen LogP contribution in [0.25, 0.3) is 0 Å². The predicted octanol–water partition coefficient (Wildman–Crippen LogP) is 4.66. The third-order valence-electron chi connectivity index (χ3n) is 7.92. The number of halogens is 1. The molecule has 42 heavy (non-hydrogen) atoms. The number of benzene rings is 2. The lowest BCUT2D eigenvalue weighted by molar-refractivity contribution is -0.133. The minimum Gasteiger partial charge on any atom is -0.462 e. The lowest BCUT2D eigenvalue weighted by Gasteiger charge is -2.31. The van der Waals surface area contributed by atoms with Crippen molar-refractivity contribution in [2.45, 2.75) is 48.9 Å². The molecule has 6 rings (SSSR count). The number of rotatable bonds is 6. The maximum absolute atomic E-state index is 14.1. The summed E-state index contributed by atoms with van der Waals surface area (Å²) in [7, 11) is 0. The number of carbonyl (C=O) groups excluding carboxylic acids is 4. The standard InChI is InChI=1S/C30H28BrN3O6S2/c1-2-40-29(38)18-8-12-20(13-9-18)34-26(36)23-22(17-6-10-19(31)11-7-17)25-28(41-24(23)27(34)37)33(30(39)42-25)16-21(35)32-14-4-3-5-15-32/h6-13,22-24H,2-5,14-16H2,1H3/t22-,23?,24?/m1/s1. The number of aromatic nitrogens is 1. The number of esters is 1. The Morgan fingerprint density at radius 3 is 2.31 bits per heavy atom. The minimum atomic E-state index is -0.784. The van der Waals surface area contributed by atoms with Crippen molar-refractivity contribution < 1.29 is 23.9 Å². The van der Waals surface area contributed by atoms with Crippen LogP contribution in [0.1, 0.15) is 52.9 Å². The van der Waals surface area contributed by atoms with Crippen molar-refractivity contribution in [1.29, 1.82) is 0 Å². The van der Waals surface area contributed by atoms with Crippen LogP contribution >= 0.6 is 39.0 Å². The maximum Gasteiger partial charge on any atom is 0.338 e. The van der Waals surface area contributed by atoms with Crippen molar-refractivity contribution in [1.82, 2.24) is 9.47 Å². The molecule has 0 aliphatic carbocycles. The van der Waals surface area contributed by atoms with Gasteiger partial charge in [-0.25, -0.2) is 9.69 Å². The number of hydrogen-bond acceptors (Lipinski definition) is 8. The zero-order valence-electron chi connectivity index (χ0n) is 22.8. The van der Waals surface area contributed by atoms with E-state index in [0.717, 1.165) is 40.6 Å². The minimum absolute atomic E-state index is 0.0940. The topological polar surface area (TPSA) is 106 Å². The second kappa shape index (κ2) is 11.8. The lowest BCUT2D eigenvalue weighted by Crippen LogP contribution is -2.39. The van der Waals surface area contributed by atoms with Crippen molar-refractivity contribution in [3.63, 3.8) is 0 Å². The average molecular weight is 671 g/mol. The Morgan fingerprint density at radius 2 is 1.64 bits per heavy atom. The van der Waals surface area contributed by atoms with Crippen molar-refractivity contribution in [2.24, 2.45) is 5.92 Å². The van der Waals surface area contributed by atoms with E-state index in [1.165, 1.54) is 33.4 Å². The number of amides is 3. The summed E-state index contributed by atoms with van der Waals surface area (Å²) in [6, 6.07) is 13.8. The molecule has 3 atom stereocenters. The van der Waals surface area contributed by atoms with Gasteiger partial charge < -0.3 is 9.64 Å². The number of thioether (sulfide) groups is 1. The second-order valence-corrected chi connectivity index (χ2v) is 13.5. The molecule has 9 nitrogen and oxygen atoms in total. The first-order chi connectivity index (χ1) is 20.3. The molecule has 2 saturated heterocycles. The first kappa shape index (κ1) is 28.9. The summed E-state index contributed by atoms with van der Waals surface area (Å²) in [4.78, 5) is 70.0. The predicted molar refractivity (Wildman–Crippen MR) is 163 cm³/mol. The van der Waals surface area contributed by atoms with E-state index in [-0.39, 0.29) is 35.7 Å². The van der Waals surface area contributed by atoms with Crippen LogP contribution in [0, 0.1) is 5.92 Å². The Labute approximate surface area is 259 Å². The Morgan fingerprint density at radius 1 is 0.952 bits per heavy atom. The van der Waals surface area contributed by atoms with E-state index >= 15 is 0 Å². The molecule has 0 saturated carbocycles. The molecule has 3 aliphatic rings. The number of piperidine rings is 1. The van der Waals surface area contributed by atoms with E-state index in [4.69, 9.17) is 4.74 Å². The Kier molecular flexibility index (Phi) is 8.12. The van der Waals surface area contributed by atoms with E-state index < -0.39 is 23.1 Å². The average Bonchev–Trinajstić information content (AvgIpc) is 3.44. The Balaban J connectivity index is 1.38. The zero-order chi connectivity index (χ0) is 29.5. The maximum atomic E-state index is 14.1. The van der Waals surface area contributed by atoms with Gasteiger partial charge in [0.2, 0.25) is 17.7 Å². The molecule has 2 aromatic carbocycles. The number of fused-ring (bicyclic) bond motifs is 2. The molecule has 0 bridgehead atoms. The van der Waals surface area contributed by atoms with Gasteiger partial charge in [0.15, 0.2) is 0 Å². The van der Waals surface area contributed by atoms with E-state index in [1.807, 2.05) is 24.3 Å². The fourth-order valence-corrected chi connectivity index (χ4v) is 8.92. The molecule has 0 N–H and O–H groups in total. The van der Waals surface area contributed by atoms with Gasteiger partial charge in [-0.1, -0.05) is 51.2 Å². The smallest absolute Gasteiger partial charge is 0.338 e. The zero-order valence-corrected chi connectivity index (χ0v) is 26.0. The highest BCUT2D eigenvalue weighted by molar-refractivity contribution is 9.10. The molecule has 4 heterocycles. The van der Waals surface area contributed by atoms with Crippen molar-refractivity contribution in [3.8, 4) is 0 Å². The Hall–Kier alpha value is -3.22. The molecule has 3 aliphatic heterocycles. The van der Waals surface area contributed by atoms with Gasteiger partial charge in [0.05, 0.1) is 28.8 Å². The van der Waals surface area contributed by atoms with Crippen LogP contribution in [0.3, 0.4) is 0 Å². The summed E-state index contributed by atoms with van der Waals surface area (Å²) in [5, 5.41) is -0.209. The molecule has 3 aromatic rings. The van der Waals surface area contributed by atoms with Crippen LogP contribution in [0.4, 0.5) is 5.69 Å². The molecule has 1 aromatic heterocycles. The monoisotopic (exact) mass is 669 g/mol. The lowest BCUT2D eigenvalue weighted by atomic mass is 9.83. The summed E-state index contributed by atoms with van der Waals surface area (Å²) in [5.74, 6) is -2.63. The molecule has 0 spiro atoms. The highest BCUT2D eigenvalue weighted by atomic mass is 79.9. The normalized spacial score (nSPS) is 21.7. The molecular weight excluding hydrogens is 642 g/mol. The SMILES string of the molecule is CCOC(=O)c1ccc(N2C(=O)C3Sc4c(sc(=O)n4CC(=O)N4CCCCC4)[C@H](c4ccc(Br)cc4)C3C2=O)cc1. The highest BCUT2D eigenvalue weighted by Gasteiger charge is 2.56. The summed E-state index contributed by atoms with van der Waals surface area (Å²) < 4.78 is 7.40. The quantitative estimate of drug-likeness (QED) is 0.278. The number of anilines is 1. The highest BCUT2D eigenvalue weighted by Crippen LogP contribution is 2.54. The van der Waals surface area contributed by atoms with E-state index in [2.05, 4.69) is 15.9 Å². The van der Waals surface area contributed by atoms with Gasteiger partial charge in [-0.3, -0.25) is 23.7 Å². The third-order valence-corrected chi connectivity index (χ3v) is 11.0. The van der Waals surface area contributed by atoms with E-state index in [9.17, 15) is 24.0 Å². The van der Waals surface area contributed by atoms with Crippen LogP contribution in [0.15, 0.2) is 62.8 Å². The van der Waals surface area contributed by atoms with E-state index in [1.54, 1.807) is 24.0 Å². The van der Waals surface area contributed by atoms with Crippen LogP contribution in [0.5, 0.6) is 0 Å². The first-order valence-corrected chi connectivity index (χ1v) is 16.4. The summed E-state index contributed by atoms with van der Waals surface area (Å²) >= 11 is 5.71. The number of ether oxygens (including phenoxy) is 1. The number of nitrogens with zero attached hydrogens (tertiary/aromatic N) is 3. The number of likely N-dealkylation sites (tertiary alicyclic amines) is 1. The number of imide groups is 1. The third kappa shape index (κ3) is 5.13. The van der Waals surface area contributed by atoms with Crippen LogP contribution in [-0.4, -0.2) is 58.1 Å². The van der Waals surface area contributed by atoms with E-state index in [0.29, 0.717) is 34.2 Å². The van der Waals surface area contributed by atoms with Crippen LogP contribution < -0.4 is 9.77 Å². The van der Waals surface area contributed by atoms with Gasteiger partial charge in [-0.05, 0) is 68.1 Å². The van der Waals surface area contributed by atoms with Crippen LogP contribution in [0.2, 0.25) is 0 Å². The van der Waals surface area contributed by atoms with Gasteiger partial charge in [0.25, 0.3) is 0 Å². The number of thiazole rings is 1. The molecule has 2 unspecified atom stereocenters. The Bertz CT molecular complexity index is 1610. The molecule has 218 valence electrons. The fraction of sp³-hybridized carbons (Fsp3) is 0.367. The summed E-state index contributed by atoms with van der Waals surface area (Å²) in [5.41, 5.74) is 1.50. The fourth-order valence-electron chi connectivity index (χ4n) is 5.88. The molecule has 3 amide bonds.